The molecule has 19 heavy (non-hydrogen) atoms. The maximum Gasteiger partial charge on any atom is 0.0896 e. The lowest BCUT2D eigenvalue weighted by molar-refractivity contribution is -0.0172. The summed E-state index contributed by atoms with van der Waals surface area (Å²) in [5.74, 6) is 0. The Bertz CT molecular complexity index is 553. The monoisotopic (exact) mass is 278 g/mol. The van der Waals surface area contributed by atoms with Gasteiger partial charge in [0.1, 0.15) is 0 Å². The number of nitrogens with zero attached hydrogens (tertiary/aromatic N) is 2. The third kappa shape index (κ3) is 3.82. The van der Waals surface area contributed by atoms with Gasteiger partial charge in [-0.05, 0) is 58.0 Å². The molecule has 0 fully saturated rings. The van der Waals surface area contributed by atoms with Crippen LogP contribution in [0.1, 0.15) is 32.2 Å². The normalized spacial score (nSPS) is 11.8. The summed E-state index contributed by atoms with van der Waals surface area (Å²) in [6.45, 7) is 8.65. The summed E-state index contributed by atoms with van der Waals surface area (Å²) >= 11 is 5.91. The highest BCUT2D eigenvalue weighted by Crippen LogP contribution is 2.18. The third-order valence-corrected chi connectivity index (χ3v) is 2.88. The van der Waals surface area contributed by atoms with E-state index >= 15 is 0 Å². The van der Waals surface area contributed by atoms with E-state index in [0.29, 0.717) is 6.61 Å². The lowest BCUT2D eigenvalue weighted by Crippen LogP contribution is -2.19. The number of hydrogen-bond donors (Lipinski definition) is 0. The predicted molar refractivity (Wildman–Crippen MR) is 77.9 cm³/mol. The first kappa shape index (κ1) is 14.1. The molecule has 4 heteroatoms. The Labute approximate surface area is 119 Å². The van der Waals surface area contributed by atoms with Crippen molar-refractivity contribution in [1.82, 2.24) is 9.78 Å². The van der Waals surface area contributed by atoms with E-state index in [-0.39, 0.29) is 5.60 Å². The van der Waals surface area contributed by atoms with Gasteiger partial charge in [0.25, 0.3) is 0 Å². The van der Waals surface area contributed by atoms with E-state index in [2.05, 4.69) is 5.10 Å². The van der Waals surface area contributed by atoms with Crippen molar-refractivity contribution in [3.05, 3.63) is 46.7 Å². The third-order valence-electron chi connectivity index (χ3n) is 2.63. The summed E-state index contributed by atoms with van der Waals surface area (Å²) in [6.07, 6.45) is 0. The summed E-state index contributed by atoms with van der Waals surface area (Å²) in [7, 11) is 0. The van der Waals surface area contributed by atoms with E-state index in [1.54, 1.807) is 0 Å². The number of benzene rings is 1. The molecule has 1 aromatic heterocycles. The number of halogens is 1. The van der Waals surface area contributed by atoms with Gasteiger partial charge in [0.05, 0.1) is 29.3 Å². The Kier molecular flexibility index (Phi) is 3.97. The number of hydrogen-bond acceptors (Lipinski definition) is 2. The number of aryl methyl sites for hydroxylation is 1. The topological polar surface area (TPSA) is 27.1 Å². The van der Waals surface area contributed by atoms with E-state index < -0.39 is 0 Å². The van der Waals surface area contributed by atoms with Crippen LogP contribution in [0.4, 0.5) is 0 Å². The van der Waals surface area contributed by atoms with Crippen LogP contribution >= 0.6 is 11.6 Å². The molecule has 0 N–H and O–H groups in total. The maximum atomic E-state index is 5.91. The van der Waals surface area contributed by atoms with E-state index in [4.69, 9.17) is 16.3 Å². The molecular weight excluding hydrogens is 260 g/mol. The Hall–Kier alpha value is -1.32. The Balaban J connectivity index is 2.28. The van der Waals surface area contributed by atoms with Gasteiger partial charge in [0.2, 0.25) is 0 Å². The van der Waals surface area contributed by atoms with Gasteiger partial charge in [0, 0.05) is 5.02 Å². The summed E-state index contributed by atoms with van der Waals surface area (Å²) in [6, 6.07) is 9.68. The van der Waals surface area contributed by atoms with Crippen LogP contribution in [0.15, 0.2) is 30.3 Å². The van der Waals surface area contributed by atoms with Crippen LogP contribution in [0.25, 0.3) is 5.69 Å². The molecule has 0 amide bonds. The first-order valence-electron chi connectivity index (χ1n) is 6.30. The van der Waals surface area contributed by atoms with Crippen LogP contribution in [0.2, 0.25) is 5.02 Å². The lowest BCUT2D eigenvalue weighted by Gasteiger charge is -2.19. The zero-order chi connectivity index (χ0) is 14.0. The Morgan fingerprint density at radius 3 is 2.42 bits per heavy atom. The molecule has 0 spiro atoms. The minimum atomic E-state index is -0.164. The predicted octanol–water partition coefficient (Wildman–Crippen LogP) is 4.15. The molecule has 0 unspecified atom stereocenters. The van der Waals surface area contributed by atoms with Crippen molar-refractivity contribution in [3.63, 3.8) is 0 Å². The van der Waals surface area contributed by atoms with Crippen LogP contribution < -0.4 is 0 Å². The summed E-state index contributed by atoms with van der Waals surface area (Å²) < 4.78 is 7.73. The van der Waals surface area contributed by atoms with E-state index in [1.807, 2.05) is 62.7 Å². The minimum absolute atomic E-state index is 0.164. The van der Waals surface area contributed by atoms with Gasteiger partial charge in [0.15, 0.2) is 0 Å². The first-order valence-corrected chi connectivity index (χ1v) is 6.68. The fraction of sp³-hybridized carbons (Fsp3) is 0.400. The van der Waals surface area contributed by atoms with Gasteiger partial charge < -0.3 is 4.74 Å². The highest BCUT2D eigenvalue weighted by molar-refractivity contribution is 6.30. The minimum Gasteiger partial charge on any atom is -0.370 e. The molecule has 0 atom stereocenters. The van der Waals surface area contributed by atoms with Crippen LogP contribution in [0.5, 0.6) is 0 Å². The van der Waals surface area contributed by atoms with Crippen molar-refractivity contribution < 1.29 is 4.74 Å². The molecule has 0 aliphatic rings. The lowest BCUT2D eigenvalue weighted by atomic mass is 10.2. The van der Waals surface area contributed by atoms with Crippen molar-refractivity contribution in [2.24, 2.45) is 0 Å². The van der Waals surface area contributed by atoms with Gasteiger partial charge in [-0.25, -0.2) is 4.68 Å². The molecule has 0 saturated heterocycles. The SMILES string of the molecule is Cc1cc(COC(C)(C)C)n(-c2ccc(Cl)cc2)n1. The van der Waals surface area contributed by atoms with Gasteiger partial charge >= 0.3 is 0 Å². The largest absolute Gasteiger partial charge is 0.370 e. The number of rotatable bonds is 3. The second-order valence-corrected chi connectivity index (χ2v) is 6.00. The standard InChI is InChI=1S/C15H19ClN2O/c1-11-9-14(10-19-15(2,3)4)18(17-11)13-7-5-12(16)6-8-13/h5-9H,10H2,1-4H3. The van der Waals surface area contributed by atoms with Crippen LogP contribution in [0.3, 0.4) is 0 Å². The van der Waals surface area contributed by atoms with Crippen LogP contribution in [0, 0.1) is 6.92 Å². The molecule has 1 aromatic carbocycles. The number of aromatic nitrogens is 2. The summed E-state index contributed by atoms with van der Waals surface area (Å²) in [5.41, 5.74) is 2.84. The second-order valence-electron chi connectivity index (χ2n) is 5.57. The molecule has 0 bridgehead atoms. The molecule has 102 valence electrons. The zero-order valence-electron chi connectivity index (χ0n) is 11.8. The van der Waals surface area contributed by atoms with Crippen LogP contribution in [-0.2, 0) is 11.3 Å². The van der Waals surface area contributed by atoms with E-state index in [0.717, 1.165) is 22.1 Å². The molecule has 0 saturated carbocycles. The molecule has 3 nitrogen and oxygen atoms in total. The molecular formula is C15H19ClN2O. The summed E-state index contributed by atoms with van der Waals surface area (Å²) in [5, 5.41) is 5.23. The highest BCUT2D eigenvalue weighted by Gasteiger charge is 2.14. The van der Waals surface area contributed by atoms with Gasteiger partial charge in [-0.15, -0.1) is 0 Å². The fourth-order valence-corrected chi connectivity index (χ4v) is 1.88. The van der Waals surface area contributed by atoms with Gasteiger partial charge in [-0.1, -0.05) is 11.6 Å². The summed E-state index contributed by atoms with van der Waals surface area (Å²) in [4.78, 5) is 0. The maximum absolute atomic E-state index is 5.91. The zero-order valence-corrected chi connectivity index (χ0v) is 12.5. The molecule has 0 aliphatic carbocycles. The smallest absolute Gasteiger partial charge is 0.0896 e. The quantitative estimate of drug-likeness (QED) is 0.843. The highest BCUT2D eigenvalue weighted by atomic mass is 35.5. The Morgan fingerprint density at radius 1 is 1.21 bits per heavy atom. The Morgan fingerprint density at radius 2 is 1.84 bits per heavy atom. The van der Waals surface area contributed by atoms with Crippen molar-refractivity contribution in [1.29, 1.82) is 0 Å². The fourth-order valence-electron chi connectivity index (χ4n) is 1.75. The number of ether oxygens (including phenoxy) is 1. The van der Waals surface area contributed by atoms with Crippen molar-refractivity contribution >= 4 is 11.6 Å². The van der Waals surface area contributed by atoms with Gasteiger partial charge in [-0.2, -0.15) is 5.10 Å². The molecule has 0 aliphatic heterocycles. The van der Waals surface area contributed by atoms with E-state index in [9.17, 15) is 0 Å². The average Bonchev–Trinajstić information content (AvgIpc) is 2.68. The van der Waals surface area contributed by atoms with Crippen molar-refractivity contribution in [3.8, 4) is 5.69 Å². The second kappa shape index (κ2) is 5.35. The molecule has 2 rings (SSSR count). The van der Waals surface area contributed by atoms with Crippen molar-refractivity contribution in [2.75, 3.05) is 0 Å². The molecule has 0 radical (unpaired) electrons. The average molecular weight is 279 g/mol. The van der Waals surface area contributed by atoms with E-state index in [1.165, 1.54) is 0 Å². The first-order chi connectivity index (χ1) is 8.85. The van der Waals surface area contributed by atoms with Crippen molar-refractivity contribution in [2.45, 2.75) is 39.9 Å². The van der Waals surface area contributed by atoms with Gasteiger partial charge in [-0.3, -0.25) is 0 Å². The molecule has 1 heterocycles. The van der Waals surface area contributed by atoms with Crippen LogP contribution in [-0.4, -0.2) is 15.4 Å². The molecule has 2 aromatic rings.